The monoisotopic (exact) mass is 406 g/mol. The fourth-order valence-electron chi connectivity index (χ4n) is 2.14. The molecule has 27 heavy (non-hydrogen) atoms. The summed E-state index contributed by atoms with van der Waals surface area (Å²) in [7, 11) is -2.58. The normalized spacial score (nSPS) is 12.2. The Balaban J connectivity index is 0.000000503. The van der Waals surface area contributed by atoms with Crippen LogP contribution in [-0.2, 0) is 37.6 Å². The molecule has 0 aromatic carbocycles. The van der Waals surface area contributed by atoms with Crippen molar-refractivity contribution >= 4 is 16.4 Å². The van der Waals surface area contributed by atoms with E-state index in [1.54, 1.807) is 6.20 Å². The summed E-state index contributed by atoms with van der Waals surface area (Å²) < 4.78 is 41.0. The first-order chi connectivity index (χ1) is 12.7. The quantitative estimate of drug-likeness (QED) is 0.188. The van der Waals surface area contributed by atoms with Crippen LogP contribution in [0.4, 0.5) is 0 Å². The Labute approximate surface area is 163 Å². The average Bonchev–Trinajstić information content (AvgIpc) is 2.98. The second-order valence-electron chi connectivity index (χ2n) is 6.40. The number of ether oxygens (including phenoxy) is 1. The minimum absolute atomic E-state index is 0.00256. The molecule has 9 heteroatoms. The average molecular weight is 407 g/mol. The summed E-state index contributed by atoms with van der Waals surface area (Å²) in [4.78, 5) is 14.4. The van der Waals surface area contributed by atoms with Crippen molar-refractivity contribution in [2.75, 3.05) is 6.61 Å². The number of aromatic amines is 1. The lowest BCUT2D eigenvalue weighted by Crippen LogP contribution is -2.32. The molecule has 0 saturated heterocycles. The number of unbranched alkanes of at least 4 members (excludes halogenated alkanes) is 5. The lowest BCUT2D eigenvalue weighted by molar-refractivity contribution is -0.677. The molecule has 0 amide bonds. The number of carbonyl (C=O) groups excluding carboxylic acids is 1. The highest BCUT2D eigenvalue weighted by Gasteiger charge is 2.15. The summed E-state index contributed by atoms with van der Waals surface area (Å²) in [5.74, 6) is 0.677. The minimum atomic E-state index is -4.47. The smallest absolute Gasteiger partial charge is 0.318 e. The number of H-pyrrole nitrogens is 1. The van der Waals surface area contributed by atoms with Crippen molar-refractivity contribution in [2.45, 2.75) is 78.2 Å². The molecule has 1 aromatic rings. The van der Waals surface area contributed by atoms with Gasteiger partial charge in [-0.05, 0) is 19.8 Å². The SMILES string of the molecule is CCCCCCCCOS(=O)(=O)[O-].CC[C@@H](C)OC(=O)Cc1[nH]cc[n+]1C. The second-order valence-corrected chi connectivity index (χ2v) is 7.45. The molecule has 0 saturated carbocycles. The Morgan fingerprint density at radius 2 is 1.85 bits per heavy atom. The third kappa shape index (κ3) is 15.3. The summed E-state index contributed by atoms with van der Waals surface area (Å²) in [6.45, 7) is 6.05. The van der Waals surface area contributed by atoms with Crippen LogP contribution in [-0.4, -0.2) is 36.6 Å². The first-order valence-corrected chi connectivity index (χ1v) is 10.8. The summed E-state index contributed by atoms with van der Waals surface area (Å²) in [5.41, 5.74) is 0. The summed E-state index contributed by atoms with van der Waals surface area (Å²) >= 11 is 0. The fourth-order valence-corrected chi connectivity index (χ4v) is 2.46. The van der Waals surface area contributed by atoms with Crippen LogP contribution in [0.5, 0.6) is 0 Å². The van der Waals surface area contributed by atoms with E-state index >= 15 is 0 Å². The van der Waals surface area contributed by atoms with Crippen molar-refractivity contribution in [3.63, 3.8) is 0 Å². The molecule has 0 bridgehead atoms. The zero-order valence-corrected chi connectivity index (χ0v) is 17.7. The van der Waals surface area contributed by atoms with Crippen LogP contribution in [0.1, 0.15) is 71.5 Å². The van der Waals surface area contributed by atoms with Gasteiger partial charge in [-0.2, -0.15) is 0 Å². The number of aromatic nitrogens is 2. The molecule has 0 spiro atoms. The van der Waals surface area contributed by atoms with Gasteiger partial charge in [0, 0.05) is 0 Å². The Morgan fingerprint density at radius 3 is 2.37 bits per heavy atom. The molecule has 8 nitrogen and oxygen atoms in total. The minimum Gasteiger partial charge on any atom is -0.726 e. The van der Waals surface area contributed by atoms with Crippen LogP contribution in [0, 0.1) is 0 Å². The molecule has 1 N–H and O–H groups in total. The summed E-state index contributed by atoms with van der Waals surface area (Å²) in [5, 5.41) is 0. The van der Waals surface area contributed by atoms with Crippen LogP contribution < -0.4 is 4.57 Å². The van der Waals surface area contributed by atoms with Gasteiger partial charge in [0.25, 0.3) is 5.82 Å². The number of rotatable bonds is 12. The number of imidazole rings is 1. The Morgan fingerprint density at radius 1 is 1.22 bits per heavy atom. The molecule has 158 valence electrons. The molecule has 1 rings (SSSR count). The topological polar surface area (TPSA) is 112 Å². The van der Waals surface area contributed by atoms with Gasteiger partial charge >= 0.3 is 5.97 Å². The van der Waals surface area contributed by atoms with E-state index in [1.165, 1.54) is 19.3 Å². The Hall–Kier alpha value is -1.45. The largest absolute Gasteiger partial charge is 0.726 e. The van der Waals surface area contributed by atoms with Crippen LogP contribution >= 0.6 is 0 Å². The predicted octanol–water partition coefficient (Wildman–Crippen LogP) is 2.55. The first-order valence-electron chi connectivity index (χ1n) is 9.51. The fraction of sp³-hybridized carbons (Fsp3) is 0.778. The van der Waals surface area contributed by atoms with E-state index in [0.717, 1.165) is 25.1 Å². The van der Waals surface area contributed by atoms with Gasteiger partial charge in [-0.15, -0.1) is 0 Å². The van der Waals surface area contributed by atoms with Crippen LogP contribution in [0.15, 0.2) is 12.4 Å². The van der Waals surface area contributed by atoms with Gasteiger partial charge in [-0.3, -0.25) is 8.98 Å². The first kappa shape index (κ1) is 25.6. The van der Waals surface area contributed by atoms with Crippen molar-refractivity contribution in [3.05, 3.63) is 18.2 Å². The molecular formula is C18H34N2O6S. The molecule has 0 aliphatic rings. The third-order valence-electron chi connectivity index (χ3n) is 3.92. The number of nitrogens with one attached hydrogen (secondary N) is 1. The van der Waals surface area contributed by atoms with Gasteiger partial charge in [0.2, 0.25) is 10.4 Å². The van der Waals surface area contributed by atoms with E-state index in [9.17, 15) is 17.8 Å². The molecule has 1 aromatic heterocycles. The molecule has 0 radical (unpaired) electrons. The number of hydrogen-bond acceptors (Lipinski definition) is 6. The maximum Gasteiger partial charge on any atom is 0.318 e. The van der Waals surface area contributed by atoms with Crippen LogP contribution in [0.25, 0.3) is 0 Å². The molecule has 1 heterocycles. The van der Waals surface area contributed by atoms with Crippen molar-refractivity contribution in [1.29, 1.82) is 0 Å². The highest BCUT2D eigenvalue weighted by molar-refractivity contribution is 7.80. The number of carbonyl (C=O) groups is 1. The second kappa shape index (κ2) is 14.6. The zero-order valence-electron chi connectivity index (χ0n) is 16.9. The van der Waals surface area contributed by atoms with Gasteiger partial charge in [0.15, 0.2) is 0 Å². The molecular weight excluding hydrogens is 372 g/mol. The summed E-state index contributed by atoms with van der Waals surface area (Å²) in [6.07, 6.45) is 11.0. The molecule has 1 atom stereocenters. The lowest BCUT2D eigenvalue weighted by Gasteiger charge is -2.08. The van der Waals surface area contributed by atoms with Crippen LogP contribution in [0.3, 0.4) is 0 Å². The van der Waals surface area contributed by atoms with E-state index in [2.05, 4.69) is 16.1 Å². The van der Waals surface area contributed by atoms with Crippen molar-refractivity contribution in [3.8, 4) is 0 Å². The maximum absolute atomic E-state index is 11.4. The molecule has 0 fully saturated rings. The van der Waals surface area contributed by atoms with Crippen molar-refractivity contribution in [1.82, 2.24) is 4.98 Å². The van der Waals surface area contributed by atoms with Gasteiger partial charge in [0.1, 0.15) is 18.8 Å². The summed E-state index contributed by atoms with van der Waals surface area (Å²) in [6, 6.07) is 0. The zero-order chi connectivity index (χ0) is 20.7. The van der Waals surface area contributed by atoms with E-state index in [-0.39, 0.29) is 18.7 Å². The van der Waals surface area contributed by atoms with Gasteiger partial charge in [-0.1, -0.05) is 46.0 Å². The maximum atomic E-state index is 11.4. The van der Waals surface area contributed by atoms with E-state index in [4.69, 9.17) is 4.74 Å². The van der Waals surface area contributed by atoms with Gasteiger partial charge < -0.3 is 9.29 Å². The number of aryl methyl sites for hydroxylation is 1. The Bertz CT molecular complexity index is 615. The lowest BCUT2D eigenvalue weighted by atomic mass is 10.1. The molecule has 0 unspecified atom stereocenters. The van der Waals surface area contributed by atoms with E-state index < -0.39 is 10.4 Å². The Kier molecular flexibility index (Phi) is 13.8. The van der Waals surface area contributed by atoms with Gasteiger partial charge in [0.05, 0.1) is 19.8 Å². The number of esters is 1. The van der Waals surface area contributed by atoms with Crippen molar-refractivity contribution < 1.29 is 31.3 Å². The number of hydrogen-bond donors (Lipinski definition) is 1. The highest BCUT2D eigenvalue weighted by atomic mass is 32.3. The molecule has 0 aliphatic heterocycles. The number of nitrogens with zero attached hydrogens (tertiary/aromatic N) is 1. The molecule has 0 aliphatic carbocycles. The van der Waals surface area contributed by atoms with E-state index in [1.807, 2.05) is 31.7 Å². The van der Waals surface area contributed by atoms with Crippen LogP contribution in [0.2, 0.25) is 0 Å². The standard InChI is InChI=1S/C10H16N2O2.C8H18O4S/c1-4-8(2)14-10(13)7-9-11-5-6-12(9)3;1-2-3-4-5-6-7-8-12-13(9,10)11/h5-6,8H,4,7H2,1-3H3;2-8H2,1H3,(H,9,10,11)/t8-;/m1./s1. The van der Waals surface area contributed by atoms with Gasteiger partial charge in [-0.25, -0.2) is 18.0 Å². The highest BCUT2D eigenvalue weighted by Crippen LogP contribution is 2.05. The van der Waals surface area contributed by atoms with Crippen molar-refractivity contribution in [2.24, 2.45) is 7.05 Å². The van der Waals surface area contributed by atoms with E-state index in [0.29, 0.717) is 12.8 Å². The predicted molar refractivity (Wildman–Crippen MR) is 101 cm³/mol. The third-order valence-corrected chi connectivity index (χ3v) is 4.37.